The summed E-state index contributed by atoms with van der Waals surface area (Å²) < 4.78 is 7.31. The van der Waals surface area contributed by atoms with Crippen LogP contribution in [0.5, 0.6) is 5.75 Å². The first-order valence-corrected chi connectivity index (χ1v) is 7.11. The zero-order valence-electron chi connectivity index (χ0n) is 11.7. The van der Waals surface area contributed by atoms with Crippen molar-refractivity contribution in [2.45, 2.75) is 32.2 Å². The molecule has 1 aromatic carbocycles. The van der Waals surface area contributed by atoms with E-state index in [9.17, 15) is 4.79 Å². The molecule has 110 valence electrons. The van der Waals surface area contributed by atoms with Gasteiger partial charge in [-0.3, -0.25) is 0 Å². The standard InChI is InChI=1S/C15H17N3O3/c19-14(20)10-21-12-7-5-11(6-8-12)15-17-16-13-4-2-1-3-9-18(13)15/h5-8H,1-4,9-10H2,(H,19,20). The molecule has 1 aliphatic rings. The van der Waals surface area contributed by atoms with E-state index in [-0.39, 0.29) is 6.61 Å². The molecule has 6 nitrogen and oxygen atoms in total. The van der Waals surface area contributed by atoms with Gasteiger partial charge in [-0.05, 0) is 37.1 Å². The third-order valence-electron chi connectivity index (χ3n) is 3.58. The number of aryl methyl sites for hydroxylation is 1. The van der Waals surface area contributed by atoms with Gasteiger partial charge >= 0.3 is 5.97 Å². The summed E-state index contributed by atoms with van der Waals surface area (Å²) in [7, 11) is 0. The number of rotatable bonds is 4. The highest BCUT2D eigenvalue weighted by Crippen LogP contribution is 2.24. The normalized spacial score (nSPS) is 14.3. The number of fused-ring (bicyclic) bond motifs is 1. The first kappa shape index (κ1) is 13.6. The van der Waals surface area contributed by atoms with Gasteiger partial charge in [0.25, 0.3) is 0 Å². The Morgan fingerprint density at radius 1 is 1.19 bits per heavy atom. The van der Waals surface area contributed by atoms with Crippen molar-refractivity contribution in [3.05, 3.63) is 30.1 Å². The number of carboxylic acids is 1. The average molecular weight is 287 g/mol. The first-order valence-electron chi connectivity index (χ1n) is 7.11. The largest absolute Gasteiger partial charge is 0.482 e. The Hall–Kier alpha value is -2.37. The van der Waals surface area contributed by atoms with Crippen LogP contribution in [0.4, 0.5) is 0 Å². The summed E-state index contributed by atoms with van der Waals surface area (Å²) in [6.45, 7) is 0.620. The van der Waals surface area contributed by atoms with E-state index in [0.29, 0.717) is 5.75 Å². The van der Waals surface area contributed by atoms with Gasteiger partial charge in [0, 0.05) is 18.5 Å². The molecule has 1 N–H and O–H groups in total. The predicted molar refractivity (Wildman–Crippen MR) is 76.1 cm³/mol. The number of hydrogen-bond acceptors (Lipinski definition) is 4. The van der Waals surface area contributed by atoms with Crippen molar-refractivity contribution in [2.24, 2.45) is 0 Å². The van der Waals surface area contributed by atoms with E-state index in [2.05, 4.69) is 14.8 Å². The van der Waals surface area contributed by atoms with Crippen LogP contribution in [0.25, 0.3) is 11.4 Å². The highest BCUT2D eigenvalue weighted by Gasteiger charge is 2.15. The zero-order valence-corrected chi connectivity index (χ0v) is 11.7. The Kier molecular flexibility index (Phi) is 3.85. The minimum Gasteiger partial charge on any atom is -0.482 e. The Morgan fingerprint density at radius 2 is 2.00 bits per heavy atom. The summed E-state index contributed by atoms with van der Waals surface area (Å²) in [5, 5.41) is 17.2. The average Bonchev–Trinajstić information content (AvgIpc) is 2.74. The Balaban J connectivity index is 1.81. The SMILES string of the molecule is O=C(O)COc1ccc(-c2nnc3n2CCCCC3)cc1. The molecule has 3 rings (SSSR count). The summed E-state index contributed by atoms with van der Waals surface area (Å²) in [4.78, 5) is 10.5. The molecule has 0 atom stereocenters. The summed E-state index contributed by atoms with van der Waals surface area (Å²) in [5.41, 5.74) is 0.971. The number of benzene rings is 1. The molecule has 0 spiro atoms. The fourth-order valence-electron chi connectivity index (χ4n) is 2.54. The summed E-state index contributed by atoms with van der Waals surface area (Å²) >= 11 is 0. The van der Waals surface area contributed by atoms with E-state index >= 15 is 0 Å². The lowest BCUT2D eigenvalue weighted by Gasteiger charge is -2.08. The van der Waals surface area contributed by atoms with Crippen LogP contribution in [-0.2, 0) is 17.8 Å². The molecule has 0 amide bonds. The number of carbonyl (C=O) groups is 1. The number of carboxylic acid groups (broad SMARTS) is 1. The second kappa shape index (κ2) is 5.95. The molecular formula is C15H17N3O3. The summed E-state index contributed by atoms with van der Waals surface area (Å²) in [6.07, 6.45) is 4.52. The molecule has 21 heavy (non-hydrogen) atoms. The van der Waals surface area contributed by atoms with Gasteiger partial charge in [0.2, 0.25) is 0 Å². The van der Waals surface area contributed by atoms with E-state index in [1.807, 2.05) is 12.1 Å². The quantitative estimate of drug-likeness (QED) is 0.932. The number of ether oxygens (including phenoxy) is 1. The van der Waals surface area contributed by atoms with Crippen LogP contribution >= 0.6 is 0 Å². The van der Waals surface area contributed by atoms with Gasteiger partial charge in [-0.1, -0.05) is 6.42 Å². The monoisotopic (exact) mass is 287 g/mol. The molecule has 2 aromatic rings. The molecule has 0 unspecified atom stereocenters. The van der Waals surface area contributed by atoms with E-state index in [0.717, 1.165) is 36.6 Å². The molecule has 0 bridgehead atoms. The van der Waals surface area contributed by atoms with E-state index in [4.69, 9.17) is 9.84 Å². The minimum atomic E-state index is -0.984. The molecule has 0 saturated carbocycles. The van der Waals surface area contributed by atoms with Crippen molar-refractivity contribution in [3.63, 3.8) is 0 Å². The predicted octanol–water partition coefficient (Wildman–Crippen LogP) is 2.13. The van der Waals surface area contributed by atoms with Gasteiger partial charge in [-0.15, -0.1) is 10.2 Å². The molecule has 1 aliphatic heterocycles. The van der Waals surface area contributed by atoms with Gasteiger partial charge in [-0.2, -0.15) is 0 Å². The van der Waals surface area contributed by atoms with Crippen LogP contribution in [-0.4, -0.2) is 32.4 Å². The maximum Gasteiger partial charge on any atom is 0.341 e. The zero-order chi connectivity index (χ0) is 14.7. The molecule has 0 fully saturated rings. The maximum absolute atomic E-state index is 10.5. The lowest BCUT2D eigenvalue weighted by atomic mass is 10.2. The highest BCUT2D eigenvalue weighted by molar-refractivity contribution is 5.68. The van der Waals surface area contributed by atoms with Gasteiger partial charge in [0.15, 0.2) is 12.4 Å². The van der Waals surface area contributed by atoms with E-state index in [1.54, 1.807) is 12.1 Å². The van der Waals surface area contributed by atoms with Crippen LogP contribution in [0.1, 0.15) is 25.1 Å². The van der Waals surface area contributed by atoms with E-state index < -0.39 is 5.97 Å². The van der Waals surface area contributed by atoms with E-state index in [1.165, 1.54) is 12.8 Å². The second-order valence-electron chi connectivity index (χ2n) is 5.11. The third-order valence-corrected chi connectivity index (χ3v) is 3.58. The molecule has 0 saturated heterocycles. The van der Waals surface area contributed by atoms with Crippen LogP contribution in [0, 0.1) is 0 Å². The molecule has 1 aromatic heterocycles. The third kappa shape index (κ3) is 3.04. The summed E-state index contributed by atoms with van der Waals surface area (Å²) in [5.74, 6) is 1.48. The topological polar surface area (TPSA) is 77.2 Å². The van der Waals surface area contributed by atoms with Crippen molar-refractivity contribution in [2.75, 3.05) is 6.61 Å². The van der Waals surface area contributed by atoms with Crippen LogP contribution < -0.4 is 4.74 Å². The number of hydrogen-bond donors (Lipinski definition) is 1. The van der Waals surface area contributed by atoms with Crippen molar-refractivity contribution in [1.82, 2.24) is 14.8 Å². The molecular weight excluding hydrogens is 270 g/mol. The van der Waals surface area contributed by atoms with Crippen LogP contribution in [0.3, 0.4) is 0 Å². The first-order chi connectivity index (χ1) is 10.2. The lowest BCUT2D eigenvalue weighted by Crippen LogP contribution is -2.09. The number of aliphatic carboxylic acids is 1. The van der Waals surface area contributed by atoms with Gasteiger partial charge in [0.05, 0.1) is 0 Å². The van der Waals surface area contributed by atoms with Crippen molar-refractivity contribution < 1.29 is 14.6 Å². The number of aromatic nitrogens is 3. The smallest absolute Gasteiger partial charge is 0.341 e. The van der Waals surface area contributed by atoms with Crippen LogP contribution in [0.15, 0.2) is 24.3 Å². The Morgan fingerprint density at radius 3 is 2.76 bits per heavy atom. The van der Waals surface area contributed by atoms with Gasteiger partial charge in [-0.25, -0.2) is 4.79 Å². The van der Waals surface area contributed by atoms with Gasteiger partial charge in [0.1, 0.15) is 11.6 Å². The van der Waals surface area contributed by atoms with Crippen LogP contribution in [0.2, 0.25) is 0 Å². The lowest BCUT2D eigenvalue weighted by molar-refractivity contribution is -0.139. The maximum atomic E-state index is 10.5. The number of nitrogens with zero attached hydrogens (tertiary/aromatic N) is 3. The minimum absolute atomic E-state index is 0.334. The molecule has 0 radical (unpaired) electrons. The second-order valence-corrected chi connectivity index (χ2v) is 5.11. The fourth-order valence-corrected chi connectivity index (χ4v) is 2.54. The van der Waals surface area contributed by atoms with Crippen molar-refractivity contribution in [3.8, 4) is 17.1 Å². The highest BCUT2D eigenvalue weighted by atomic mass is 16.5. The molecule has 2 heterocycles. The molecule has 6 heteroatoms. The fraction of sp³-hybridized carbons (Fsp3) is 0.400. The van der Waals surface area contributed by atoms with Crippen molar-refractivity contribution in [1.29, 1.82) is 0 Å². The molecule has 0 aliphatic carbocycles. The Bertz CT molecular complexity index is 634. The van der Waals surface area contributed by atoms with Gasteiger partial charge < -0.3 is 14.4 Å². The Labute approximate surface area is 122 Å². The summed E-state index contributed by atoms with van der Waals surface area (Å²) in [6, 6.07) is 7.30. The van der Waals surface area contributed by atoms with Crippen molar-refractivity contribution >= 4 is 5.97 Å².